The molecular weight excluding hydrogens is 367 g/mol. The Morgan fingerprint density at radius 1 is 1.39 bits per heavy atom. The van der Waals surface area contributed by atoms with Crippen molar-refractivity contribution in [2.75, 3.05) is 0 Å². The second kappa shape index (κ2) is 5.50. The van der Waals surface area contributed by atoms with Gasteiger partial charge in [-0.25, -0.2) is 4.39 Å². The summed E-state index contributed by atoms with van der Waals surface area (Å²) in [7, 11) is 0. The molecule has 0 spiro atoms. The molecular formula is C12H11Br2FN2O. The maximum atomic E-state index is 13.3. The first-order valence-corrected chi connectivity index (χ1v) is 6.96. The fraction of sp³-hybridized carbons (Fsp3) is 0.250. The maximum absolute atomic E-state index is 13.3. The zero-order valence-electron chi connectivity index (χ0n) is 9.57. The molecule has 0 aliphatic rings. The first kappa shape index (κ1) is 13.7. The van der Waals surface area contributed by atoms with E-state index in [2.05, 4.69) is 37.0 Å². The summed E-state index contributed by atoms with van der Waals surface area (Å²) in [6.07, 6.45) is 0.699. The lowest BCUT2D eigenvalue weighted by atomic mass is 10.1. The van der Waals surface area contributed by atoms with Gasteiger partial charge in [-0.15, -0.1) is 0 Å². The number of aryl methyl sites for hydroxylation is 1. The lowest BCUT2D eigenvalue weighted by molar-refractivity contribution is 0.206. The van der Waals surface area contributed by atoms with E-state index in [-0.39, 0.29) is 0 Å². The van der Waals surface area contributed by atoms with Gasteiger partial charge in [-0.2, -0.15) is 5.10 Å². The standard InChI is InChI=1S/C12H11Br2FN2O/c1-2-17-11(10(14)6-16-17)12(18)7-3-8(13)5-9(15)4-7/h3-6,12,18H,2H2,1H3. The third kappa shape index (κ3) is 2.65. The molecule has 0 saturated heterocycles. The van der Waals surface area contributed by atoms with Crippen LogP contribution in [0.3, 0.4) is 0 Å². The third-order valence-corrected chi connectivity index (χ3v) is 3.66. The van der Waals surface area contributed by atoms with E-state index in [0.717, 1.165) is 0 Å². The minimum atomic E-state index is -0.922. The summed E-state index contributed by atoms with van der Waals surface area (Å²) < 4.78 is 16.3. The Labute approximate surface area is 121 Å². The van der Waals surface area contributed by atoms with Crippen molar-refractivity contribution in [2.24, 2.45) is 0 Å². The number of benzene rings is 1. The fourth-order valence-corrected chi connectivity index (χ4v) is 2.78. The van der Waals surface area contributed by atoms with Crippen LogP contribution in [-0.4, -0.2) is 14.9 Å². The highest BCUT2D eigenvalue weighted by Crippen LogP contribution is 2.30. The van der Waals surface area contributed by atoms with E-state index < -0.39 is 11.9 Å². The van der Waals surface area contributed by atoms with Crippen molar-refractivity contribution < 1.29 is 9.50 Å². The Bertz CT molecular complexity index is 551. The molecule has 1 aromatic heterocycles. The number of rotatable bonds is 3. The number of hydrogen-bond acceptors (Lipinski definition) is 2. The number of aromatic nitrogens is 2. The molecule has 96 valence electrons. The summed E-state index contributed by atoms with van der Waals surface area (Å²) in [5.74, 6) is -0.392. The van der Waals surface area contributed by atoms with Crippen molar-refractivity contribution in [1.82, 2.24) is 9.78 Å². The lowest BCUT2D eigenvalue weighted by Crippen LogP contribution is -2.10. The van der Waals surface area contributed by atoms with E-state index in [1.807, 2.05) is 6.92 Å². The van der Waals surface area contributed by atoms with Gasteiger partial charge in [-0.05, 0) is 46.6 Å². The molecule has 1 aromatic carbocycles. The molecule has 0 amide bonds. The SMILES string of the molecule is CCn1ncc(Br)c1C(O)c1cc(F)cc(Br)c1. The molecule has 1 unspecified atom stereocenters. The van der Waals surface area contributed by atoms with Crippen LogP contribution in [0.25, 0.3) is 0 Å². The lowest BCUT2D eigenvalue weighted by Gasteiger charge is -2.14. The minimum Gasteiger partial charge on any atom is -0.382 e. The van der Waals surface area contributed by atoms with E-state index in [1.54, 1.807) is 16.9 Å². The van der Waals surface area contributed by atoms with Crippen molar-refractivity contribution >= 4 is 31.9 Å². The molecule has 0 fully saturated rings. The highest BCUT2D eigenvalue weighted by molar-refractivity contribution is 9.10. The van der Waals surface area contributed by atoms with E-state index >= 15 is 0 Å². The largest absolute Gasteiger partial charge is 0.382 e. The van der Waals surface area contributed by atoms with Crippen LogP contribution in [0.15, 0.2) is 33.3 Å². The summed E-state index contributed by atoms with van der Waals surface area (Å²) in [6.45, 7) is 2.56. The third-order valence-electron chi connectivity index (χ3n) is 2.59. The summed E-state index contributed by atoms with van der Waals surface area (Å²) in [4.78, 5) is 0. The Kier molecular flexibility index (Phi) is 4.19. The van der Waals surface area contributed by atoms with Gasteiger partial charge in [0, 0.05) is 11.0 Å². The number of halogens is 3. The molecule has 18 heavy (non-hydrogen) atoms. The molecule has 1 heterocycles. The molecule has 2 rings (SSSR count). The summed E-state index contributed by atoms with van der Waals surface area (Å²) in [5, 5.41) is 14.5. The van der Waals surface area contributed by atoms with Crippen LogP contribution < -0.4 is 0 Å². The molecule has 1 atom stereocenters. The van der Waals surface area contributed by atoms with E-state index in [1.165, 1.54) is 12.1 Å². The molecule has 0 radical (unpaired) electrons. The zero-order valence-corrected chi connectivity index (χ0v) is 12.7. The second-order valence-corrected chi connectivity index (χ2v) is 5.57. The Morgan fingerprint density at radius 3 is 2.72 bits per heavy atom. The number of aliphatic hydroxyl groups is 1. The van der Waals surface area contributed by atoms with Gasteiger partial charge in [0.25, 0.3) is 0 Å². The molecule has 0 bridgehead atoms. The Morgan fingerprint density at radius 2 is 2.11 bits per heavy atom. The molecule has 1 N–H and O–H groups in total. The van der Waals surface area contributed by atoms with Crippen LogP contribution in [0.4, 0.5) is 4.39 Å². The van der Waals surface area contributed by atoms with Crippen LogP contribution in [0.1, 0.15) is 24.3 Å². The topological polar surface area (TPSA) is 38.0 Å². The van der Waals surface area contributed by atoms with Gasteiger partial charge in [-0.1, -0.05) is 15.9 Å². The highest BCUT2D eigenvalue weighted by atomic mass is 79.9. The van der Waals surface area contributed by atoms with Gasteiger partial charge in [0.05, 0.1) is 16.4 Å². The van der Waals surface area contributed by atoms with Crippen molar-refractivity contribution in [3.63, 3.8) is 0 Å². The van der Waals surface area contributed by atoms with Crippen molar-refractivity contribution in [3.05, 3.63) is 50.4 Å². The molecule has 2 aromatic rings. The molecule has 6 heteroatoms. The predicted octanol–water partition coefficient (Wildman–Crippen LogP) is 3.65. The van der Waals surface area contributed by atoms with E-state index in [4.69, 9.17) is 0 Å². The Hall–Kier alpha value is -0.720. The average Bonchev–Trinajstić information content (AvgIpc) is 2.68. The van der Waals surface area contributed by atoms with Gasteiger partial charge >= 0.3 is 0 Å². The number of hydrogen-bond donors (Lipinski definition) is 1. The molecule has 0 aliphatic heterocycles. The molecule has 3 nitrogen and oxygen atoms in total. The smallest absolute Gasteiger partial charge is 0.124 e. The summed E-state index contributed by atoms with van der Waals surface area (Å²) >= 11 is 6.56. The first-order chi connectivity index (χ1) is 8.52. The summed E-state index contributed by atoms with van der Waals surface area (Å²) in [6, 6.07) is 4.35. The zero-order chi connectivity index (χ0) is 13.3. The van der Waals surface area contributed by atoms with Gasteiger partial charge in [0.15, 0.2) is 0 Å². The normalized spacial score (nSPS) is 12.7. The van der Waals surface area contributed by atoms with Crippen molar-refractivity contribution in [1.29, 1.82) is 0 Å². The first-order valence-electron chi connectivity index (χ1n) is 5.38. The predicted molar refractivity (Wildman–Crippen MR) is 73.8 cm³/mol. The van der Waals surface area contributed by atoms with Crippen molar-refractivity contribution in [2.45, 2.75) is 19.6 Å². The Balaban J connectivity index is 2.47. The van der Waals surface area contributed by atoms with Crippen LogP contribution in [0, 0.1) is 5.82 Å². The van der Waals surface area contributed by atoms with Gasteiger partial charge in [0.1, 0.15) is 11.9 Å². The van der Waals surface area contributed by atoms with Crippen LogP contribution in [0.2, 0.25) is 0 Å². The fourth-order valence-electron chi connectivity index (χ4n) is 1.79. The van der Waals surface area contributed by atoms with Gasteiger partial charge in [0.2, 0.25) is 0 Å². The van der Waals surface area contributed by atoms with Crippen molar-refractivity contribution in [3.8, 4) is 0 Å². The number of aliphatic hydroxyl groups excluding tert-OH is 1. The van der Waals surface area contributed by atoms with Gasteiger partial charge in [-0.3, -0.25) is 4.68 Å². The molecule has 0 aliphatic carbocycles. The van der Waals surface area contributed by atoms with E-state index in [0.29, 0.717) is 26.7 Å². The molecule has 0 saturated carbocycles. The quantitative estimate of drug-likeness (QED) is 0.886. The van der Waals surface area contributed by atoms with E-state index in [9.17, 15) is 9.50 Å². The maximum Gasteiger partial charge on any atom is 0.124 e. The van der Waals surface area contributed by atoms with Crippen LogP contribution in [0.5, 0.6) is 0 Å². The minimum absolute atomic E-state index is 0.392. The highest BCUT2D eigenvalue weighted by Gasteiger charge is 2.19. The summed E-state index contributed by atoms with van der Waals surface area (Å²) in [5.41, 5.74) is 1.10. The van der Waals surface area contributed by atoms with Crippen LogP contribution in [-0.2, 0) is 6.54 Å². The second-order valence-electron chi connectivity index (χ2n) is 3.80. The van der Waals surface area contributed by atoms with Gasteiger partial charge < -0.3 is 5.11 Å². The monoisotopic (exact) mass is 376 g/mol. The average molecular weight is 378 g/mol. The number of nitrogens with zero attached hydrogens (tertiary/aromatic N) is 2. The van der Waals surface area contributed by atoms with Crippen LogP contribution >= 0.6 is 31.9 Å².